The molecule has 1 N–H and O–H groups in total. The van der Waals surface area contributed by atoms with Crippen LogP contribution in [0.3, 0.4) is 0 Å². The molecule has 0 aromatic carbocycles. The molecule has 0 radical (unpaired) electrons. The summed E-state index contributed by atoms with van der Waals surface area (Å²) in [6, 6.07) is 5.86. The normalized spacial score (nSPS) is 15.7. The molecule has 1 aliphatic heterocycles. The van der Waals surface area contributed by atoms with E-state index in [1.807, 2.05) is 25.2 Å². The number of furan rings is 1. The molecule has 24 heavy (non-hydrogen) atoms. The molecule has 2 aromatic heterocycles. The quantitative estimate of drug-likeness (QED) is 0.679. The molecule has 0 aliphatic carbocycles. The zero-order valence-corrected chi connectivity index (χ0v) is 14.5. The van der Waals surface area contributed by atoms with E-state index in [0.29, 0.717) is 5.02 Å². The third kappa shape index (κ3) is 4.00. The predicted octanol–water partition coefficient (Wildman–Crippen LogP) is 2.27. The molecule has 1 fully saturated rings. The van der Waals surface area contributed by atoms with Gasteiger partial charge in [-0.3, -0.25) is 9.98 Å². The Bertz CT molecular complexity index is 665. The van der Waals surface area contributed by atoms with Crippen molar-refractivity contribution in [3.63, 3.8) is 0 Å². The lowest BCUT2D eigenvalue weighted by atomic mass is 10.2. The summed E-state index contributed by atoms with van der Waals surface area (Å²) in [7, 11) is 1.82. The summed E-state index contributed by atoms with van der Waals surface area (Å²) in [5, 5.41) is 4.11. The zero-order chi connectivity index (χ0) is 16.8. The second kappa shape index (κ2) is 8.06. The van der Waals surface area contributed by atoms with Crippen LogP contribution < -0.4 is 10.2 Å². The van der Waals surface area contributed by atoms with Gasteiger partial charge in [0.25, 0.3) is 0 Å². The predicted molar refractivity (Wildman–Crippen MR) is 96.8 cm³/mol. The summed E-state index contributed by atoms with van der Waals surface area (Å²) in [4.78, 5) is 13.0. The molecule has 3 heterocycles. The molecule has 1 saturated heterocycles. The SMILES string of the molecule is CN=C(NCCc1ccco1)N1CCN(c2ccncc2Cl)CC1. The van der Waals surface area contributed by atoms with Gasteiger partial charge >= 0.3 is 0 Å². The summed E-state index contributed by atoms with van der Waals surface area (Å²) in [6.07, 6.45) is 6.02. The Labute approximate surface area is 147 Å². The third-order valence-electron chi connectivity index (χ3n) is 4.12. The van der Waals surface area contributed by atoms with E-state index in [1.54, 1.807) is 18.7 Å². The maximum atomic E-state index is 6.24. The number of anilines is 1. The Balaban J connectivity index is 1.50. The molecule has 7 heteroatoms. The highest BCUT2D eigenvalue weighted by Gasteiger charge is 2.21. The molecule has 128 valence electrons. The van der Waals surface area contributed by atoms with Crippen LogP contribution in [0, 0.1) is 0 Å². The molecular weight excluding hydrogens is 326 g/mol. The Kier molecular flexibility index (Phi) is 5.59. The second-order valence-corrected chi connectivity index (χ2v) is 6.01. The number of aromatic nitrogens is 1. The zero-order valence-electron chi connectivity index (χ0n) is 13.8. The minimum absolute atomic E-state index is 0.701. The lowest BCUT2D eigenvalue weighted by molar-refractivity contribution is 0.372. The maximum Gasteiger partial charge on any atom is 0.193 e. The fourth-order valence-corrected chi connectivity index (χ4v) is 3.11. The van der Waals surface area contributed by atoms with Crippen LogP contribution in [0.1, 0.15) is 5.76 Å². The van der Waals surface area contributed by atoms with Crippen molar-refractivity contribution in [1.82, 2.24) is 15.2 Å². The number of pyridine rings is 1. The Morgan fingerprint density at radius 3 is 2.83 bits per heavy atom. The van der Waals surface area contributed by atoms with Crippen LogP contribution in [0.2, 0.25) is 5.02 Å². The smallest absolute Gasteiger partial charge is 0.193 e. The average Bonchev–Trinajstić information content (AvgIpc) is 3.13. The molecule has 0 amide bonds. The van der Waals surface area contributed by atoms with Gasteiger partial charge in [-0.1, -0.05) is 11.6 Å². The van der Waals surface area contributed by atoms with Crippen molar-refractivity contribution in [2.75, 3.05) is 44.7 Å². The molecule has 2 aromatic rings. The molecular formula is C17H22ClN5O. The fraction of sp³-hybridized carbons (Fsp3) is 0.412. The molecule has 0 spiro atoms. The minimum atomic E-state index is 0.701. The molecule has 0 atom stereocenters. The highest BCUT2D eigenvalue weighted by molar-refractivity contribution is 6.33. The van der Waals surface area contributed by atoms with Crippen LogP contribution in [0.25, 0.3) is 0 Å². The standard InChI is InChI=1S/C17H22ClN5O/c1-19-17(21-7-4-14-3-2-12-24-14)23-10-8-22(9-11-23)16-5-6-20-13-15(16)18/h2-3,5-6,12-13H,4,7-11H2,1H3,(H,19,21). The van der Waals surface area contributed by atoms with Gasteiger partial charge in [0.2, 0.25) is 0 Å². The molecule has 1 aliphatic rings. The molecule has 0 unspecified atom stereocenters. The van der Waals surface area contributed by atoms with Crippen molar-refractivity contribution in [3.05, 3.63) is 47.6 Å². The Morgan fingerprint density at radius 1 is 1.33 bits per heavy atom. The van der Waals surface area contributed by atoms with Gasteiger partial charge < -0.3 is 19.5 Å². The first-order valence-corrected chi connectivity index (χ1v) is 8.48. The number of piperazine rings is 1. The number of nitrogens with zero attached hydrogens (tertiary/aromatic N) is 4. The van der Waals surface area contributed by atoms with Crippen molar-refractivity contribution in [2.45, 2.75) is 6.42 Å². The van der Waals surface area contributed by atoms with E-state index >= 15 is 0 Å². The van der Waals surface area contributed by atoms with Crippen molar-refractivity contribution in [3.8, 4) is 0 Å². The fourth-order valence-electron chi connectivity index (χ4n) is 2.87. The number of hydrogen-bond acceptors (Lipinski definition) is 4. The highest BCUT2D eigenvalue weighted by atomic mass is 35.5. The van der Waals surface area contributed by atoms with Crippen LogP contribution in [0.5, 0.6) is 0 Å². The van der Waals surface area contributed by atoms with Crippen LogP contribution in [-0.4, -0.2) is 55.6 Å². The van der Waals surface area contributed by atoms with Crippen LogP contribution >= 0.6 is 11.6 Å². The Morgan fingerprint density at radius 2 is 2.17 bits per heavy atom. The average molecular weight is 348 g/mol. The monoisotopic (exact) mass is 347 g/mol. The van der Waals surface area contributed by atoms with Gasteiger partial charge in [0.1, 0.15) is 5.76 Å². The van der Waals surface area contributed by atoms with Gasteiger partial charge in [0.05, 0.1) is 17.0 Å². The minimum Gasteiger partial charge on any atom is -0.469 e. The van der Waals surface area contributed by atoms with Gasteiger partial charge in [0, 0.05) is 58.6 Å². The third-order valence-corrected chi connectivity index (χ3v) is 4.41. The summed E-state index contributed by atoms with van der Waals surface area (Å²) < 4.78 is 5.35. The van der Waals surface area contributed by atoms with Crippen LogP contribution in [0.4, 0.5) is 5.69 Å². The number of nitrogens with one attached hydrogen (secondary N) is 1. The summed E-state index contributed by atoms with van der Waals surface area (Å²) in [5.74, 6) is 1.91. The molecule has 3 rings (SSSR count). The largest absolute Gasteiger partial charge is 0.469 e. The van der Waals surface area contributed by atoms with E-state index < -0.39 is 0 Å². The van der Waals surface area contributed by atoms with E-state index in [-0.39, 0.29) is 0 Å². The van der Waals surface area contributed by atoms with Gasteiger partial charge in [-0.2, -0.15) is 0 Å². The number of aliphatic imine (C=N–C) groups is 1. The number of rotatable bonds is 4. The van der Waals surface area contributed by atoms with Crippen LogP contribution in [0.15, 0.2) is 46.3 Å². The highest BCUT2D eigenvalue weighted by Crippen LogP contribution is 2.25. The lowest BCUT2D eigenvalue weighted by Gasteiger charge is -2.37. The van der Waals surface area contributed by atoms with E-state index in [1.165, 1.54) is 0 Å². The van der Waals surface area contributed by atoms with Crippen molar-refractivity contribution >= 4 is 23.2 Å². The van der Waals surface area contributed by atoms with E-state index in [2.05, 4.69) is 25.1 Å². The lowest BCUT2D eigenvalue weighted by Crippen LogP contribution is -2.52. The molecule has 6 nitrogen and oxygen atoms in total. The summed E-state index contributed by atoms with van der Waals surface area (Å²) >= 11 is 6.24. The van der Waals surface area contributed by atoms with E-state index in [9.17, 15) is 0 Å². The van der Waals surface area contributed by atoms with Gasteiger partial charge in [0.15, 0.2) is 5.96 Å². The first kappa shape index (κ1) is 16.6. The molecule has 0 saturated carbocycles. The van der Waals surface area contributed by atoms with E-state index in [0.717, 1.165) is 56.6 Å². The van der Waals surface area contributed by atoms with Crippen molar-refractivity contribution in [2.24, 2.45) is 4.99 Å². The van der Waals surface area contributed by atoms with Gasteiger partial charge in [-0.25, -0.2) is 0 Å². The topological polar surface area (TPSA) is 56.9 Å². The summed E-state index contributed by atoms with van der Waals surface area (Å²) in [6.45, 7) is 4.42. The van der Waals surface area contributed by atoms with Gasteiger partial charge in [-0.05, 0) is 18.2 Å². The second-order valence-electron chi connectivity index (χ2n) is 5.60. The number of guanidine groups is 1. The first-order valence-electron chi connectivity index (χ1n) is 8.10. The Hall–Kier alpha value is -2.21. The molecule has 0 bridgehead atoms. The van der Waals surface area contributed by atoms with Crippen molar-refractivity contribution < 1.29 is 4.42 Å². The first-order chi connectivity index (χ1) is 11.8. The summed E-state index contributed by atoms with van der Waals surface area (Å²) in [5.41, 5.74) is 1.05. The van der Waals surface area contributed by atoms with Gasteiger partial charge in [-0.15, -0.1) is 0 Å². The number of halogens is 1. The maximum absolute atomic E-state index is 6.24. The van der Waals surface area contributed by atoms with Crippen LogP contribution in [-0.2, 0) is 6.42 Å². The van der Waals surface area contributed by atoms with E-state index in [4.69, 9.17) is 16.0 Å². The van der Waals surface area contributed by atoms with Crippen molar-refractivity contribution in [1.29, 1.82) is 0 Å². The number of hydrogen-bond donors (Lipinski definition) is 1.